The fourth-order valence-electron chi connectivity index (χ4n) is 3.79. The maximum atomic E-state index is 12.2. The van der Waals surface area contributed by atoms with Gasteiger partial charge in [-0.2, -0.15) is 4.31 Å². The van der Waals surface area contributed by atoms with Crippen LogP contribution in [0.4, 0.5) is 5.82 Å². The predicted octanol–water partition coefficient (Wildman–Crippen LogP) is -3.17. The van der Waals surface area contributed by atoms with E-state index in [0.717, 1.165) is 6.33 Å². The molecule has 2 aliphatic rings. The van der Waals surface area contributed by atoms with E-state index in [-0.39, 0.29) is 17.0 Å². The number of phosphoric ester groups is 3. The number of ether oxygens (including phenoxy) is 2. The number of aliphatic hydroxyl groups excluding tert-OH is 4. The molecule has 2 aliphatic heterocycles. The Morgan fingerprint density at radius 3 is 2.08 bits per heavy atom. The zero-order chi connectivity index (χ0) is 29.6. The molecule has 40 heavy (non-hydrogen) atoms. The van der Waals surface area contributed by atoms with Gasteiger partial charge < -0.3 is 55.2 Å². The lowest BCUT2D eigenvalue weighted by Gasteiger charge is -2.21. The summed E-state index contributed by atoms with van der Waals surface area (Å²) in [4.78, 5) is 49.0. The number of anilines is 1. The highest BCUT2D eigenvalue weighted by atomic mass is 31.3. The average Bonchev–Trinajstić information content (AvgIpc) is 3.46. The molecule has 25 heteroatoms. The van der Waals surface area contributed by atoms with Crippen LogP contribution in [0.1, 0.15) is 6.23 Å². The van der Waals surface area contributed by atoms with Gasteiger partial charge in [-0.05, 0) is 0 Å². The van der Waals surface area contributed by atoms with Crippen molar-refractivity contribution in [1.82, 2.24) is 19.5 Å². The number of phosphoric acid groups is 3. The van der Waals surface area contributed by atoms with Gasteiger partial charge in [0.25, 0.3) is 0 Å². The van der Waals surface area contributed by atoms with Gasteiger partial charge in [-0.1, -0.05) is 0 Å². The average molecular weight is 639 g/mol. The molecule has 10 atom stereocenters. The van der Waals surface area contributed by atoms with Gasteiger partial charge in [0, 0.05) is 0 Å². The monoisotopic (exact) mass is 639 g/mol. The lowest BCUT2D eigenvalue weighted by Crippen LogP contribution is -2.36. The number of aromatic nitrogens is 4. The third-order valence-electron chi connectivity index (χ3n) is 5.58. The van der Waals surface area contributed by atoms with Crippen molar-refractivity contribution in [2.75, 3.05) is 18.9 Å². The van der Waals surface area contributed by atoms with Crippen molar-refractivity contribution in [3.8, 4) is 0 Å². The topological polar surface area (TPSA) is 338 Å². The fourth-order valence-corrected chi connectivity index (χ4v) is 6.43. The second-order valence-corrected chi connectivity index (χ2v) is 12.6. The van der Waals surface area contributed by atoms with Gasteiger partial charge in [0.15, 0.2) is 24.0 Å². The highest BCUT2D eigenvalue weighted by Gasteiger charge is 2.49. The molecule has 0 bridgehead atoms. The Balaban J connectivity index is 1.32. The maximum Gasteiger partial charge on any atom is 0.481 e. The van der Waals surface area contributed by atoms with Crippen LogP contribution in [0, 0.1) is 0 Å². The summed E-state index contributed by atoms with van der Waals surface area (Å²) >= 11 is 0. The van der Waals surface area contributed by atoms with Crippen LogP contribution in [0.3, 0.4) is 0 Å². The molecule has 2 unspecified atom stereocenters. The van der Waals surface area contributed by atoms with Gasteiger partial charge in [-0.3, -0.25) is 18.1 Å². The maximum absolute atomic E-state index is 12.2. The minimum Gasteiger partial charge on any atom is -0.387 e. The van der Waals surface area contributed by atoms with E-state index >= 15 is 0 Å². The Morgan fingerprint density at radius 1 is 0.875 bits per heavy atom. The highest BCUT2D eigenvalue weighted by molar-refractivity contribution is 7.61. The van der Waals surface area contributed by atoms with Crippen molar-refractivity contribution in [3.05, 3.63) is 12.7 Å². The number of rotatable bonds is 11. The van der Waals surface area contributed by atoms with E-state index < -0.39 is 85.8 Å². The summed E-state index contributed by atoms with van der Waals surface area (Å²) in [6.07, 6.45) is -11.4. The molecule has 0 aliphatic carbocycles. The first-order valence-corrected chi connectivity index (χ1v) is 15.4. The molecular weight excluding hydrogens is 615 g/mol. The Kier molecular flexibility index (Phi) is 9.14. The van der Waals surface area contributed by atoms with Crippen LogP contribution in [0.15, 0.2) is 12.7 Å². The lowest BCUT2D eigenvalue weighted by atomic mass is 10.1. The van der Waals surface area contributed by atoms with Crippen molar-refractivity contribution in [2.45, 2.75) is 49.1 Å². The van der Waals surface area contributed by atoms with Crippen LogP contribution in [-0.4, -0.2) is 116 Å². The Bertz CT molecular complexity index is 1360. The van der Waals surface area contributed by atoms with Gasteiger partial charge in [-0.25, -0.2) is 28.6 Å². The molecule has 2 aromatic rings. The van der Waals surface area contributed by atoms with E-state index in [1.807, 2.05) is 0 Å². The molecule has 4 rings (SSSR count). The fraction of sp³-hybridized carbons (Fsp3) is 0.667. The van der Waals surface area contributed by atoms with Gasteiger partial charge in [0.05, 0.1) is 19.5 Å². The predicted molar refractivity (Wildman–Crippen MR) is 122 cm³/mol. The summed E-state index contributed by atoms with van der Waals surface area (Å²) in [6.45, 7) is -2.03. The summed E-state index contributed by atoms with van der Waals surface area (Å²) in [6, 6.07) is 0. The van der Waals surface area contributed by atoms with E-state index in [1.165, 1.54) is 10.9 Å². The number of aliphatic hydroxyl groups is 4. The first-order valence-electron chi connectivity index (χ1n) is 10.8. The lowest BCUT2D eigenvalue weighted by molar-refractivity contribution is -0.130. The molecule has 2 aromatic heterocycles. The van der Waals surface area contributed by atoms with E-state index in [9.17, 15) is 43.9 Å². The van der Waals surface area contributed by atoms with Crippen molar-refractivity contribution in [3.63, 3.8) is 0 Å². The molecule has 4 heterocycles. The summed E-state index contributed by atoms with van der Waals surface area (Å²) in [5.41, 5.74) is 6.03. The van der Waals surface area contributed by atoms with Gasteiger partial charge in [0.1, 0.15) is 48.5 Å². The molecule has 0 aromatic carbocycles. The first-order chi connectivity index (χ1) is 18.5. The molecule has 0 saturated carbocycles. The molecule has 0 spiro atoms. The Hall–Kier alpha value is -1.52. The van der Waals surface area contributed by atoms with Crippen molar-refractivity contribution in [2.24, 2.45) is 0 Å². The highest BCUT2D eigenvalue weighted by Crippen LogP contribution is 2.60. The molecule has 2 fully saturated rings. The van der Waals surface area contributed by atoms with Crippen LogP contribution >= 0.6 is 23.5 Å². The van der Waals surface area contributed by atoms with Crippen molar-refractivity contribution in [1.29, 1.82) is 0 Å². The minimum absolute atomic E-state index is 0.0326. The number of nitrogen functional groups attached to an aromatic ring is 1. The van der Waals surface area contributed by atoms with Crippen LogP contribution in [0.2, 0.25) is 0 Å². The third kappa shape index (κ3) is 7.09. The minimum atomic E-state index is -5.44. The van der Waals surface area contributed by atoms with E-state index in [1.54, 1.807) is 0 Å². The summed E-state index contributed by atoms with van der Waals surface area (Å²) in [7, 11) is -16.0. The summed E-state index contributed by atoms with van der Waals surface area (Å²) in [5.74, 6) is 0.0326. The zero-order valence-corrected chi connectivity index (χ0v) is 22.3. The Labute approximate surface area is 222 Å². The Morgan fingerprint density at radius 2 is 1.48 bits per heavy atom. The van der Waals surface area contributed by atoms with E-state index in [2.05, 4.69) is 32.8 Å². The van der Waals surface area contributed by atoms with Crippen molar-refractivity contribution >= 4 is 40.4 Å². The van der Waals surface area contributed by atoms with Crippen molar-refractivity contribution < 1.29 is 81.1 Å². The summed E-state index contributed by atoms with van der Waals surface area (Å²) in [5, 5.41) is 40.3. The first kappa shape index (κ1) is 31.4. The molecular formula is C15H24N5O17P3. The molecule has 10 N–H and O–H groups in total. The van der Waals surface area contributed by atoms with Gasteiger partial charge in [0.2, 0.25) is 0 Å². The number of fused-ring (bicyclic) bond motifs is 1. The smallest absolute Gasteiger partial charge is 0.387 e. The van der Waals surface area contributed by atoms with E-state index in [0.29, 0.717) is 0 Å². The molecule has 226 valence electrons. The van der Waals surface area contributed by atoms with Crippen LogP contribution < -0.4 is 5.73 Å². The quantitative estimate of drug-likeness (QED) is 0.109. The normalized spacial score (nSPS) is 34.2. The second kappa shape index (κ2) is 11.6. The van der Waals surface area contributed by atoms with Gasteiger partial charge in [-0.15, -0.1) is 0 Å². The number of imidazole rings is 1. The zero-order valence-electron chi connectivity index (χ0n) is 19.6. The van der Waals surface area contributed by atoms with Crippen LogP contribution in [0.5, 0.6) is 0 Å². The number of hydrogen-bond acceptors (Lipinski definition) is 17. The van der Waals surface area contributed by atoms with Crippen LogP contribution in [-0.2, 0) is 41.1 Å². The largest absolute Gasteiger partial charge is 0.481 e. The molecule has 0 amide bonds. The SMILES string of the molecule is Nc1ncnc2c1ncn2[C@@H]1O[C@H](COP(=O)(O)OP(=O)(O)OC[C@H]2O[C@@H](O)[C@H](OP(=O)(O)O)[C@@H]2O)[C@@H](O)[C@H]1O. The molecule has 22 nitrogen and oxygen atoms in total. The number of nitrogens with two attached hydrogens (primary N) is 1. The second-order valence-electron chi connectivity index (χ2n) is 8.36. The third-order valence-corrected chi connectivity index (χ3v) is 8.70. The van der Waals surface area contributed by atoms with Gasteiger partial charge >= 0.3 is 23.5 Å². The number of nitrogens with zero attached hydrogens (tertiary/aromatic N) is 4. The standard InChI is InChI=1S/C15H24N5O17P3/c16-12-7-13(18-3-17-12)20(4-19-7)14-10(23)8(21)5(34-14)1-32-39(28,29)37-40(30,31)33-2-6-9(22)11(15(24)35-6)36-38(25,26)27/h3-6,8-11,14-15,21-24H,1-2H2,(H,28,29)(H,30,31)(H2,16,17,18)(H2,25,26,27)/t5-,6-,8-,9-,10-,11-,14-,15-/m1/s1. The molecule has 2 saturated heterocycles. The number of hydrogen-bond donors (Lipinski definition) is 9. The van der Waals surface area contributed by atoms with Crippen LogP contribution in [0.25, 0.3) is 11.2 Å². The summed E-state index contributed by atoms with van der Waals surface area (Å²) < 4.78 is 64.1. The van der Waals surface area contributed by atoms with E-state index in [4.69, 9.17) is 25.0 Å². The molecule has 0 radical (unpaired) electrons.